The van der Waals surface area contributed by atoms with Gasteiger partial charge in [0.2, 0.25) is 0 Å². The van der Waals surface area contributed by atoms with Crippen LogP contribution in [0, 0.1) is 9.81 Å². The molecule has 4 nitrogen and oxygen atoms in total. The molecule has 10 heavy (non-hydrogen) atoms. The van der Waals surface area contributed by atoms with Gasteiger partial charge in [0, 0.05) is 44.4 Å². The molecule has 0 atom stereocenters. The lowest BCUT2D eigenvalue weighted by atomic mass is 10.3. The van der Waals surface area contributed by atoms with E-state index in [4.69, 9.17) is 0 Å². The number of benzene rings is 1. The van der Waals surface area contributed by atoms with Gasteiger partial charge < -0.3 is 0 Å². The number of hydrogen-bond donors (Lipinski definition) is 2. The van der Waals surface area contributed by atoms with Crippen molar-refractivity contribution in [1.82, 2.24) is 0 Å². The summed E-state index contributed by atoms with van der Waals surface area (Å²) in [6.45, 7) is 0. The van der Waals surface area contributed by atoms with E-state index in [0.29, 0.717) is 11.4 Å². The summed E-state index contributed by atoms with van der Waals surface area (Å²) >= 11 is 0. The smallest absolute Gasteiger partial charge is 0.0209 e. The molecule has 0 spiro atoms. The van der Waals surface area contributed by atoms with Crippen molar-refractivity contribution in [3.05, 3.63) is 34.1 Å². The quantitative estimate of drug-likeness (QED) is 0.530. The fourth-order valence-corrected chi connectivity index (χ4v) is 0.606. The lowest BCUT2D eigenvalue weighted by Gasteiger charge is -1.77. The molecule has 0 aliphatic rings. The molecular weight excluding hydrogens is 132 g/mol. The molecule has 50 valence electrons. The Morgan fingerprint density at radius 3 is 1.30 bits per heavy atom. The van der Waals surface area contributed by atoms with Gasteiger partial charge in [-0.3, -0.25) is 0 Å². The van der Waals surface area contributed by atoms with Gasteiger partial charge in [-0.05, 0) is 0 Å². The van der Waals surface area contributed by atoms with Crippen LogP contribution in [0.4, 0.5) is 11.4 Å². The van der Waals surface area contributed by atoms with E-state index >= 15 is 0 Å². The third-order valence-electron chi connectivity index (χ3n) is 1.12. The Balaban J connectivity index is 3.00. The Bertz CT molecular complexity index is 215. The zero-order chi connectivity index (χ0) is 7.40. The molecule has 0 heterocycles. The van der Waals surface area contributed by atoms with Crippen molar-refractivity contribution in [3.8, 4) is 0 Å². The molecule has 0 aliphatic carbocycles. The second kappa shape index (κ2) is 2.82. The van der Waals surface area contributed by atoms with Crippen molar-refractivity contribution < 1.29 is 10.4 Å². The van der Waals surface area contributed by atoms with E-state index in [-0.39, 0.29) is 0 Å². The molecule has 0 aliphatic heterocycles. The van der Waals surface area contributed by atoms with E-state index in [1.54, 1.807) is 10.4 Å². The zero-order valence-electron chi connectivity index (χ0n) is 5.13. The molecule has 0 saturated heterocycles. The van der Waals surface area contributed by atoms with Crippen LogP contribution in [0.25, 0.3) is 0 Å². The summed E-state index contributed by atoms with van der Waals surface area (Å²) in [7, 11) is 0. The van der Waals surface area contributed by atoms with Crippen molar-refractivity contribution in [3.63, 3.8) is 0 Å². The largest absolute Gasteiger partial charge is 0.253 e. The minimum absolute atomic E-state index is 0.444. The van der Waals surface area contributed by atoms with Gasteiger partial charge in [-0.15, -0.1) is 0 Å². The summed E-state index contributed by atoms with van der Waals surface area (Å²) in [5, 5.41) is 3.40. The van der Waals surface area contributed by atoms with Crippen LogP contribution in [0.5, 0.6) is 0 Å². The molecule has 4 heteroatoms. The Kier molecular flexibility index (Phi) is 1.84. The van der Waals surface area contributed by atoms with Crippen LogP contribution in [-0.4, -0.2) is 0 Å². The maximum atomic E-state index is 9.98. The first-order chi connectivity index (χ1) is 4.86. The highest BCUT2D eigenvalue weighted by molar-refractivity contribution is 5.37. The van der Waals surface area contributed by atoms with Crippen LogP contribution in [-0.2, 0) is 0 Å². The minimum Gasteiger partial charge on any atom is 0.0209 e. The molecule has 0 radical (unpaired) electrons. The zero-order valence-corrected chi connectivity index (χ0v) is 5.13. The normalized spacial score (nSPS) is 8.80. The summed E-state index contributed by atoms with van der Waals surface area (Å²) in [4.78, 5) is 20.0. The molecule has 0 aromatic heterocycles. The first-order valence-electron chi connectivity index (χ1n) is 2.73. The highest BCUT2D eigenvalue weighted by Gasteiger charge is 2.00. The predicted molar refractivity (Wildman–Crippen MR) is 34.4 cm³/mol. The molecule has 0 unspecified atom stereocenters. The van der Waals surface area contributed by atoms with Crippen LogP contribution in [0.15, 0.2) is 24.3 Å². The number of rotatable bonds is 2. The molecule has 2 N–H and O–H groups in total. The standard InChI is InChI=1S/C6H4N2O2/c9-7-5-1-2-6(8-10)4-3-5/h1-4H/p+2. The monoisotopic (exact) mass is 138 g/mol. The van der Waals surface area contributed by atoms with Gasteiger partial charge in [0.25, 0.3) is 11.4 Å². The van der Waals surface area contributed by atoms with Gasteiger partial charge in [0.15, 0.2) is 0 Å². The van der Waals surface area contributed by atoms with E-state index in [1.165, 1.54) is 24.3 Å². The Morgan fingerprint density at radius 2 is 1.10 bits per heavy atom. The van der Waals surface area contributed by atoms with Gasteiger partial charge in [-0.1, -0.05) is 0 Å². The summed E-state index contributed by atoms with van der Waals surface area (Å²) < 4.78 is 0. The predicted octanol–water partition coefficient (Wildman–Crippen LogP) is -1.36. The number of hydrogen-bond acceptors (Lipinski definition) is 2. The van der Waals surface area contributed by atoms with E-state index in [9.17, 15) is 9.81 Å². The first-order valence-corrected chi connectivity index (χ1v) is 2.73. The second-order valence-electron chi connectivity index (χ2n) is 1.78. The van der Waals surface area contributed by atoms with Gasteiger partial charge in [-0.2, -0.15) is 0 Å². The van der Waals surface area contributed by atoms with Gasteiger partial charge in [-0.25, -0.2) is 0 Å². The van der Waals surface area contributed by atoms with Gasteiger partial charge in [0.1, 0.15) is 0 Å². The lowest BCUT2D eigenvalue weighted by Crippen LogP contribution is -2.57. The third kappa shape index (κ3) is 1.22. The Morgan fingerprint density at radius 1 is 0.800 bits per heavy atom. The van der Waals surface area contributed by atoms with Crippen molar-refractivity contribution >= 4 is 11.4 Å². The van der Waals surface area contributed by atoms with Crippen LogP contribution in [0.2, 0.25) is 0 Å². The average Bonchev–Trinajstić information content (AvgIpc) is 2.05. The summed E-state index contributed by atoms with van der Waals surface area (Å²) in [5.74, 6) is 0. The molecule has 1 aromatic carbocycles. The highest BCUT2D eigenvalue weighted by atomic mass is 16.3. The van der Waals surface area contributed by atoms with Crippen LogP contribution in [0.3, 0.4) is 0 Å². The average molecular weight is 138 g/mol. The maximum absolute atomic E-state index is 9.98. The van der Waals surface area contributed by atoms with Gasteiger partial charge >= 0.3 is 0 Å². The van der Waals surface area contributed by atoms with Crippen molar-refractivity contribution in [2.75, 3.05) is 0 Å². The van der Waals surface area contributed by atoms with E-state index < -0.39 is 0 Å². The van der Waals surface area contributed by atoms with Crippen LogP contribution < -0.4 is 10.4 Å². The SMILES string of the molecule is O=[NH+]c1ccc([NH+]=O)cc1. The second-order valence-corrected chi connectivity index (χ2v) is 1.78. The van der Waals surface area contributed by atoms with Crippen molar-refractivity contribution in [1.29, 1.82) is 0 Å². The highest BCUT2D eigenvalue weighted by Crippen LogP contribution is 2.02. The molecule has 0 fully saturated rings. The van der Waals surface area contributed by atoms with Gasteiger partial charge in [0.05, 0.1) is 0 Å². The summed E-state index contributed by atoms with van der Waals surface area (Å²) in [5.41, 5.74) is 0.887. The molecular formula is C6H6N2O2+2. The Labute approximate surface area is 56.8 Å². The fraction of sp³-hybridized carbons (Fsp3) is 0. The van der Waals surface area contributed by atoms with E-state index in [2.05, 4.69) is 0 Å². The number of nitrogens with one attached hydrogen (secondary N) is 2. The fourth-order valence-electron chi connectivity index (χ4n) is 0.606. The molecule has 1 rings (SSSR count). The minimum atomic E-state index is 0.444. The molecule has 0 bridgehead atoms. The molecule has 0 saturated carbocycles. The van der Waals surface area contributed by atoms with Crippen LogP contribution >= 0.6 is 0 Å². The molecule has 1 aromatic rings. The third-order valence-corrected chi connectivity index (χ3v) is 1.12. The summed E-state index contributed by atoms with van der Waals surface area (Å²) in [6, 6.07) is 6.08. The summed E-state index contributed by atoms with van der Waals surface area (Å²) in [6.07, 6.45) is 0. The topological polar surface area (TPSA) is 62.1 Å². The lowest BCUT2D eigenvalue weighted by molar-refractivity contribution is -0.384. The number of nitroso groups, excluding NO2 is 2. The van der Waals surface area contributed by atoms with E-state index in [0.717, 1.165) is 0 Å². The Hall–Kier alpha value is -1.58. The molecule has 0 amide bonds. The maximum Gasteiger partial charge on any atom is 0.253 e. The first kappa shape index (κ1) is 6.54. The van der Waals surface area contributed by atoms with Crippen LogP contribution in [0.1, 0.15) is 0 Å². The van der Waals surface area contributed by atoms with Crippen molar-refractivity contribution in [2.45, 2.75) is 0 Å². The van der Waals surface area contributed by atoms with E-state index in [1.807, 2.05) is 0 Å². The van der Waals surface area contributed by atoms with Crippen molar-refractivity contribution in [2.24, 2.45) is 0 Å².